The van der Waals surface area contributed by atoms with E-state index in [9.17, 15) is 9.18 Å². The number of nitrogens with zero attached hydrogens (tertiary/aromatic N) is 1. The molecule has 3 nitrogen and oxygen atoms in total. The van der Waals surface area contributed by atoms with Gasteiger partial charge < -0.3 is 9.64 Å². The molecule has 114 valence electrons. The van der Waals surface area contributed by atoms with Crippen molar-refractivity contribution >= 4 is 17.5 Å². The number of likely N-dealkylation sites (tertiary alicyclic amines) is 1. The number of para-hydroxylation sites is 1. The topological polar surface area (TPSA) is 29.5 Å². The molecule has 0 aliphatic carbocycles. The van der Waals surface area contributed by atoms with Crippen molar-refractivity contribution in [3.05, 3.63) is 64.4 Å². The van der Waals surface area contributed by atoms with Gasteiger partial charge in [0.25, 0.3) is 5.91 Å². The number of halogens is 2. The molecule has 0 unspecified atom stereocenters. The van der Waals surface area contributed by atoms with Crippen LogP contribution in [-0.2, 0) is 0 Å². The van der Waals surface area contributed by atoms with Crippen LogP contribution in [0.2, 0.25) is 5.02 Å². The van der Waals surface area contributed by atoms with Crippen molar-refractivity contribution in [2.45, 2.75) is 13.0 Å². The van der Waals surface area contributed by atoms with Crippen molar-refractivity contribution in [3.8, 4) is 5.75 Å². The molecule has 0 radical (unpaired) electrons. The zero-order valence-corrected chi connectivity index (χ0v) is 12.8. The highest BCUT2D eigenvalue weighted by Gasteiger charge is 2.34. The molecule has 0 bridgehead atoms. The molecule has 5 heteroatoms. The minimum atomic E-state index is -0.486. The van der Waals surface area contributed by atoms with E-state index < -0.39 is 5.82 Å². The van der Waals surface area contributed by atoms with Gasteiger partial charge in [0.1, 0.15) is 17.7 Å². The number of ether oxygens (including phenoxy) is 1. The third kappa shape index (κ3) is 2.92. The molecule has 3 rings (SSSR count). The minimum absolute atomic E-state index is 0.0989. The van der Waals surface area contributed by atoms with Crippen LogP contribution in [0.15, 0.2) is 42.5 Å². The summed E-state index contributed by atoms with van der Waals surface area (Å²) in [6, 6.07) is 11.8. The summed E-state index contributed by atoms with van der Waals surface area (Å²) in [5, 5.41) is 0.539. The molecule has 0 aromatic heterocycles. The number of hydrogen-bond acceptors (Lipinski definition) is 2. The quantitative estimate of drug-likeness (QED) is 0.863. The summed E-state index contributed by atoms with van der Waals surface area (Å²) in [5.41, 5.74) is 0.888. The smallest absolute Gasteiger partial charge is 0.257 e. The highest BCUT2D eigenvalue weighted by atomic mass is 35.5. The molecule has 0 saturated carbocycles. The Morgan fingerprint density at radius 1 is 1.27 bits per heavy atom. The molecule has 1 fully saturated rings. The van der Waals surface area contributed by atoms with Crippen LogP contribution in [0.5, 0.6) is 5.75 Å². The van der Waals surface area contributed by atoms with Gasteiger partial charge in [-0.1, -0.05) is 29.8 Å². The first-order valence-electron chi connectivity index (χ1n) is 7.01. The van der Waals surface area contributed by atoms with Gasteiger partial charge >= 0.3 is 0 Å². The number of amides is 1. The Kier molecular flexibility index (Phi) is 4.03. The standard InChI is InChI=1S/C17H15ClFNO2/c1-11-6-7-13(15(19)8-11)17(21)20-9-12(10-20)22-16-5-3-2-4-14(16)18/h2-8,12H,9-10H2,1H3. The van der Waals surface area contributed by atoms with Gasteiger partial charge in [0.2, 0.25) is 0 Å². The molecular weight excluding hydrogens is 305 g/mol. The van der Waals surface area contributed by atoms with Crippen molar-refractivity contribution in [2.24, 2.45) is 0 Å². The second kappa shape index (κ2) is 5.97. The summed E-state index contributed by atoms with van der Waals surface area (Å²) < 4.78 is 19.5. The average Bonchev–Trinajstić information content (AvgIpc) is 2.43. The molecule has 1 aliphatic rings. The predicted octanol–water partition coefficient (Wildman–Crippen LogP) is 3.69. The number of benzene rings is 2. The third-order valence-corrected chi connectivity index (χ3v) is 3.93. The summed E-state index contributed by atoms with van der Waals surface area (Å²) in [6.07, 6.45) is -0.114. The average molecular weight is 320 g/mol. The summed E-state index contributed by atoms with van der Waals surface area (Å²) in [6.45, 7) is 2.64. The predicted molar refractivity (Wildman–Crippen MR) is 82.9 cm³/mol. The van der Waals surface area contributed by atoms with Gasteiger partial charge in [-0.3, -0.25) is 4.79 Å². The van der Waals surface area contributed by atoms with Gasteiger partial charge in [-0.15, -0.1) is 0 Å². The van der Waals surface area contributed by atoms with Crippen molar-refractivity contribution in [1.29, 1.82) is 0 Å². The molecule has 1 amide bonds. The van der Waals surface area contributed by atoms with E-state index in [0.29, 0.717) is 23.9 Å². The van der Waals surface area contributed by atoms with Crippen LogP contribution in [0.3, 0.4) is 0 Å². The summed E-state index contributed by atoms with van der Waals surface area (Å²) >= 11 is 6.02. The normalized spacial score (nSPS) is 14.6. The van der Waals surface area contributed by atoms with E-state index in [2.05, 4.69) is 0 Å². The zero-order chi connectivity index (χ0) is 15.7. The second-order valence-electron chi connectivity index (χ2n) is 5.36. The van der Waals surface area contributed by atoms with Gasteiger partial charge in [0, 0.05) is 0 Å². The Labute approximate surface area is 133 Å². The van der Waals surface area contributed by atoms with E-state index in [1.165, 1.54) is 12.1 Å². The summed E-state index contributed by atoms with van der Waals surface area (Å²) in [4.78, 5) is 13.8. The van der Waals surface area contributed by atoms with Crippen molar-refractivity contribution in [1.82, 2.24) is 4.90 Å². The Balaban J connectivity index is 1.61. The van der Waals surface area contributed by atoms with E-state index in [0.717, 1.165) is 5.56 Å². The lowest BCUT2D eigenvalue weighted by Gasteiger charge is -2.39. The van der Waals surface area contributed by atoms with Crippen LogP contribution in [0.4, 0.5) is 4.39 Å². The lowest BCUT2D eigenvalue weighted by atomic mass is 10.1. The first-order chi connectivity index (χ1) is 10.5. The van der Waals surface area contributed by atoms with Crippen LogP contribution >= 0.6 is 11.6 Å². The van der Waals surface area contributed by atoms with Crippen LogP contribution in [-0.4, -0.2) is 30.0 Å². The number of carbonyl (C=O) groups is 1. The van der Waals surface area contributed by atoms with Crippen LogP contribution in [0.25, 0.3) is 0 Å². The molecule has 0 N–H and O–H groups in total. The molecule has 0 atom stereocenters. The lowest BCUT2D eigenvalue weighted by molar-refractivity contribution is 0.0175. The summed E-state index contributed by atoms with van der Waals surface area (Å²) in [5.74, 6) is -0.195. The number of carbonyl (C=O) groups excluding carboxylic acids is 1. The van der Waals surface area contributed by atoms with Crippen molar-refractivity contribution in [2.75, 3.05) is 13.1 Å². The van der Waals surface area contributed by atoms with Gasteiger partial charge in [0.15, 0.2) is 0 Å². The maximum absolute atomic E-state index is 13.8. The monoisotopic (exact) mass is 319 g/mol. The molecular formula is C17H15ClFNO2. The number of aryl methyl sites for hydroxylation is 1. The SMILES string of the molecule is Cc1ccc(C(=O)N2CC(Oc3ccccc3Cl)C2)c(F)c1. The van der Waals surface area contributed by atoms with Crippen molar-refractivity contribution in [3.63, 3.8) is 0 Å². The molecule has 22 heavy (non-hydrogen) atoms. The van der Waals surface area contributed by atoms with E-state index in [1.807, 2.05) is 12.1 Å². The van der Waals surface area contributed by atoms with Gasteiger partial charge in [-0.25, -0.2) is 4.39 Å². The molecule has 1 aliphatic heterocycles. The largest absolute Gasteiger partial charge is 0.485 e. The van der Waals surface area contributed by atoms with Crippen molar-refractivity contribution < 1.29 is 13.9 Å². The first kappa shape index (κ1) is 14.9. The molecule has 0 spiro atoms. The lowest BCUT2D eigenvalue weighted by Crippen LogP contribution is -2.56. The number of hydrogen-bond donors (Lipinski definition) is 0. The fraction of sp³-hybridized carbons (Fsp3) is 0.235. The Morgan fingerprint density at radius 2 is 2.00 bits per heavy atom. The van der Waals surface area contributed by atoms with Crippen LogP contribution in [0.1, 0.15) is 15.9 Å². The van der Waals surface area contributed by atoms with E-state index >= 15 is 0 Å². The van der Waals surface area contributed by atoms with E-state index in [1.54, 1.807) is 30.0 Å². The maximum atomic E-state index is 13.8. The minimum Gasteiger partial charge on any atom is -0.485 e. The number of rotatable bonds is 3. The summed E-state index contributed by atoms with van der Waals surface area (Å²) in [7, 11) is 0. The van der Waals surface area contributed by atoms with E-state index in [-0.39, 0.29) is 17.6 Å². The van der Waals surface area contributed by atoms with Gasteiger partial charge in [0.05, 0.1) is 23.7 Å². The second-order valence-corrected chi connectivity index (χ2v) is 5.77. The highest BCUT2D eigenvalue weighted by Crippen LogP contribution is 2.27. The fourth-order valence-electron chi connectivity index (χ4n) is 2.36. The third-order valence-electron chi connectivity index (χ3n) is 3.62. The fourth-order valence-corrected chi connectivity index (χ4v) is 2.54. The maximum Gasteiger partial charge on any atom is 0.257 e. The first-order valence-corrected chi connectivity index (χ1v) is 7.39. The molecule has 2 aromatic rings. The Morgan fingerprint density at radius 3 is 2.68 bits per heavy atom. The van der Waals surface area contributed by atoms with Gasteiger partial charge in [-0.05, 0) is 36.8 Å². The zero-order valence-electron chi connectivity index (χ0n) is 12.1. The molecule has 1 saturated heterocycles. The highest BCUT2D eigenvalue weighted by molar-refractivity contribution is 6.32. The Hall–Kier alpha value is -2.07. The molecule has 1 heterocycles. The Bertz CT molecular complexity index is 714. The van der Waals surface area contributed by atoms with Gasteiger partial charge in [-0.2, -0.15) is 0 Å². The van der Waals surface area contributed by atoms with Crippen LogP contribution < -0.4 is 4.74 Å². The van der Waals surface area contributed by atoms with Crippen LogP contribution in [0, 0.1) is 12.7 Å². The molecule has 2 aromatic carbocycles. The van der Waals surface area contributed by atoms with E-state index in [4.69, 9.17) is 16.3 Å².